The number of aromatic nitrogens is 1. The number of amides is 3. The van der Waals surface area contributed by atoms with Gasteiger partial charge in [0.15, 0.2) is 0 Å². The van der Waals surface area contributed by atoms with E-state index >= 15 is 0 Å². The highest BCUT2D eigenvalue weighted by Gasteiger charge is 2.38. The van der Waals surface area contributed by atoms with Crippen molar-refractivity contribution in [1.29, 1.82) is 0 Å². The summed E-state index contributed by atoms with van der Waals surface area (Å²) in [6.45, 7) is 5.51. The zero-order valence-corrected chi connectivity index (χ0v) is 22.9. The predicted octanol–water partition coefficient (Wildman–Crippen LogP) is 5.06. The molecule has 2 aromatic carbocycles. The molecule has 41 heavy (non-hydrogen) atoms. The number of rotatable bonds is 7. The molecule has 1 aliphatic rings. The normalized spacial score (nSPS) is 15.9. The van der Waals surface area contributed by atoms with Crippen LogP contribution in [0.4, 0.5) is 18.0 Å². The lowest BCUT2D eigenvalue weighted by Crippen LogP contribution is -2.48. The van der Waals surface area contributed by atoms with E-state index in [2.05, 4.69) is 10.3 Å². The zero-order valence-electron chi connectivity index (χ0n) is 22.9. The molecule has 3 aromatic rings. The fraction of sp³-hybridized carbons (Fsp3) is 0.333. The lowest BCUT2D eigenvalue weighted by atomic mass is 9.94. The summed E-state index contributed by atoms with van der Waals surface area (Å²) in [7, 11) is 0. The van der Waals surface area contributed by atoms with Gasteiger partial charge in [-0.1, -0.05) is 12.1 Å². The SMILES string of the molecule is CC(C)(C)OC(=O)N1CCCC1C(=O)NC(Cc1cc(F)cc(F)c1)c1ncccc1-c1ccc(F)c(C(N)=O)c1. The molecular weight excluding hydrogens is 537 g/mol. The van der Waals surface area contributed by atoms with Gasteiger partial charge >= 0.3 is 6.09 Å². The second-order valence-electron chi connectivity index (χ2n) is 10.9. The second kappa shape index (κ2) is 12.0. The standard InChI is InChI=1S/C30H31F3N4O4/c1-30(2,3)41-29(40)37-11-5-7-25(37)28(39)36-24(14-17-12-19(31)16-20(32)13-17)26-21(6-4-10-35-26)18-8-9-23(33)22(15-18)27(34)38/h4,6,8-10,12-13,15-16,24-25H,5,7,11,14H2,1-3H3,(H2,34,38)(H,36,39). The molecule has 1 aliphatic heterocycles. The number of nitrogens with one attached hydrogen (secondary N) is 1. The molecule has 1 saturated heterocycles. The number of benzene rings is 2. The van der Waals surface area contributed by atoms with E-state index in [0.717, 1.165) is 24.3 Å². The quantitative estimate of drug-likeness (QED) is 0.413. The van der Waals surface area contributed by atoms with Crippen molar-refractivity contribution in [1.82, 2.24) is 15.2 Å². The first-order valence-corrected chi connectivity index (χ1v) is 13.1. The van der Waals surface area contributed by atoms with E-state index < -0.39 is 53.0 Å². The van der Waals surface area contributed by atoms with E-state index in [-0.39, 0.29) is 17.5 Å². The summed E-state index contributed by atoms with van der Waals surface area (Å²) < 4.78 is 47.9. The van der Waals surface area contributed by atoms with Gasteiger partial charge in [-0.05, 0) is 81.5 Å². The highest BCUT2D eigenvalue weighted by molar-refractivity contribution is 5.94. The van der Waals surface area contributed by atoms with Gasteiger partial charge in [0.2, 0.25) is 5.91 Å². The van der Waals surface area contributed by atoms with Crippen LogP contribution < -0.4 is 11.1 Å². The molecule has 2 atom stereocenters. The molecule has 8 nitrogen and oxygen atoms in total. The Bertz CT molecular complexity index is 1450. The number of halogens is 3. The Morgan fingerprint density at radius 3 is 2.46 bits per heavy atom. The summed E-state index contributed by atoms with van der Waals surface area (Å²) in [5.41, 5.74) is 5.63. The Morgan fingerprint density at radius 2 is 1.80 bits per heavy atom. The number of carbonyl (C=O) groups excluding carboxylic acids is 3. The Hall–Kier alpha value is -4.41. The topological polar surface area (TPSA) is 115 Å². The fourth-order valence-corrected chi connectivity index (χ4v) is 4.85. The third kappa shape index (κ3) is 7.22. The van der Waals surface area contributed by atoms with Gasteiger partial charge in [-0.25, -0.2) is 18.0 Å². The maximum Gasteiger partial charge on any atom is 0.410 e. The Balaban J connectivity index is 1.72. The van der Waals surface area contributed by atoms with E-state index in [9.17, 15) is 27.6 Å². The summed E-state index contributed by atoms with van der Waals surface area (Å²) >= 11 is 0. The molecule has 0 radical (unpaired) electrons. The summed E-state index contributed by atoms with van der Waals surface area (Å²) in [6.07, 6.45) is 1.76. The van der Waals surface area contributed by atoms with Gasteiger partial charge in [0.05, 0.1) is 17.3 Å². The minimum atomic E-state index is -0.960. The molecular formula is C30H31F3N4O4. The summed E-state index contributed by atoms with van der Waals surface area (Å²) in [6, 6.07) is 8.36. The number of nitrogens with two attached hydrogens (primary N) is 1. The first-order valence-electron chi connectivity index (χ1n) is 13.1. The molecule has 0 aliphatic carbocycles. The number of pyridine rings is 1. The molecule has 3 N–H and O–H groups in total. The van der Waals surface area contributed by atoms with Crippen LogP contribution >= 0.6 is 0 Å². The van der Waals surface area contributed by atoms with Crippen LogP contribution in [0.1, 0.15) is 61.3 Å². The van der Waals surface area contributed by atoms with Crippen LogP contribution in [0.15, 0.2) is 54.7 Å². The number of primary amides is 1. The van der Waals surface area contributed by atoms with Crippen LogP contribution in [0.2, 0.25) is 0 Å². The van der Waals surface area contributed by atoms with Crippen LogP contribution in [0, 0.1) is 17.5 Å². The van der Waals surface area contributed by atoms with Crippen molar-refractivity contribution in [2.45, 2.75) is 57.7 Å². The van der Waals surface area contributed by atoms with E-state index in [0.29, 0.717) is 36.2 Å². The molecule has 1 aromatic heterocycles. The second-order valence-corrected chi connectivity index (χ2v) is 10.9. The van der Waals surface area contributed by atoms with Crippen LogP contribution in [-0.4, -0.2) is 46.0 Å². The van der Waals surface area contributed by atoms with E-state index in [1.165, 1.54) is 23.2 Å². The maximum absolute atomic E-state index is 14.2. The molecule has 4 rings (SSSR count). The number of hydrogen-bond acceptors (Lipinski definition) is 5. The fourth-order valence-electron chi connectivity index (χ4n) is 4.85. The monoisotopic (exact) mass is 568 g/mol. The highest BCUT2D eigenvalue weighted by atomic mass is 19.1. The minimum Gasteiger partial charge on any atom is -0.444 e. The van der Waals surface area contributed by atoms with Gasteiger partial charge < -0.3 is 15.8 Å². The number of ether oxygens (including phenoxy) is 1. The molecule has 1 fully saturated rings. The van der Waals surface area contributed by atoms with Crippen molar-refractivity contribution < 1.29 is 32.3 Å². The third-order valence-electron chi connectivity index (χ3n) is 6.57. The third-order valence-corrected chi connectivity index (χ3v) is 6.57. The predicted molar refractivity (Wildman–Crippen MR) is 145 cm³/mol. The first-order chi connectivity index (χ1) is 19.3. The summed E-state index contributed by atoms with van der Waals surface area (Å²) in [5, 5.41) is 2.91. The van der Waals surface area contributed by atoms with Gasteiger partial charge in [-0.2, -0.15) is 0 Å². The average molecular weight is 569 g/mol. The van der Waals surface area contributed by atoms with Gasteiger partial charge in [0, 0.05) is 24.4 Å². The largest absolute Gasteiger partial charge is 0.444 e. The van der Waals surface area contributed by atoms with Crippen molar-refractivity contribution in [2.75, 3.05) is 6.54 Å². The lowest BCUT2D eigenvalue weighted by molar-refractivity contribution is -0.126. The van der Waals surface area contributed by atoms with Crippen LogP contribution in [0.25, 0.3) is 11.1 Å². The average Bonchev–Trinajstić information content (AvgIpc) is 3.37. The maximum atomic E-state index is 14.2. The number of likely N-dealkylation sites (tertiary alicyclic amines) is 1. The molecule has 216 valence electrons. The van der Waals surface area contributed by atoms with Crippen molar-refractivity contribution in [2.24, 2.45) is 5.73 Å². The molecule has 2 heterocycles. The van der Waals surface area contributed by atoms with Gasteiger partial charge in [0.1, 0.15) is 29.1 Å². The number of carbonyl (C=O) groups is 3. The lowest BCUT2D eigenvalue weighted by Gasteiger charge is -2.29. The van der Waals surface area contributed by atoms with E-state index in [1.54, 1.807) is 32.9 Å². The Labute approximate surface area is 235 Å². The van der Waals surface area contributed by atoms with Gasteiger partial charge in [0.25, 0.3) is 5.91 Å². The Morgan fingerprint density at radius 1 is 1.10 bits per heavy atom. The summed E-state index contributed by atoms with van der Waals surface area (Å²) in [4.78, 5) is 44.0. The minimum absolute atomic E-state index is 0.0620. The zero-order chi connectivity index (χ0) is 29.9. The molecule has 0 spiro atoms. The van der Waals surface area contributed by atoms with E-state index in [4.69, 9.17) is 10.5 Å². The number of nitrogens with zero attached hydrogens (tertiary/aromatic N) is 2. The molecule has 2 unspecified atom stereocenters. The molecule has 0 bridgehead atoms. The van der Waals surface area contributed by atoms with Crippen molar-refractivity contribution in [3.63, 3.8) is 0 Å². The smallest absolute Gasteiger partial charge is 0.410 e. The van der Waals surface area contributed by atoms with Gasteiger partial charge in [-0.15, -0.1) is 0 Å². The summed E-state index contributed by atoms with van der Waals surface area (Å²) in [5.74, 6) is -3.83. The highest BCUT2D eigenvalue weighted by Crippen LogP contribution is 2.31. The molecule has 0 saturated carbocycles. The van der Waals surface area contributed by atoms with Crippen molar-refractivity contribution >= 4 is 17.9 Å². The Kier molecular flexibility index (Phi) is 8.65. The van der Waals surface area contributed by atoms with Gasteiger partial charge in [-0.3, -0.25) is 19.5 Å². The molecule has 3 amide bonds. The first kappa shape index (κ1) is 29.6. The van der Waals surface area contributed by atoms with Crippen molar-refractivity contribution in [3.8, 4) is 11.1 Å². The van der Waals surface area contributed by atoms with Crippen LogP contribution in [-0.2, 0) is 16.0 Å². The van der Waals surface area contributed by atoms with Crippen LogP contribution in [0.3, 0.4) is 0 Å². The number of hydrogen-bond donors (Lipinski definition) is 2. The van der Waals surface area contributed by atoms with E-state index in [1.807, 2.05) is 0 Å². The molecule has 11 heteroatoms. The van der Waals surface area contributed by atoms with Crippen molar-refractivity contribution in [3.05, 3.63) is 89.0 Å². The van der Waals surface area contributed by atoms with Crippen LogP contribution in [0.5, 0.6) is 0 Å².